The zero-order chi connectivity index (χ0) is 27.3. The summed E-state index contributed by atoms with van der Waals surface area (Å²) in [5.41, 5.74) is 2.32. The van der Waals surface area contributed by atoms with Gasteiger partial charge < -0.3 is 14.6 Å². The van der Waals surface area contributed by atoms with Gasteiger partial charge in [0, 0.05) is 18.9 Å². The molecule has 194 valence electrons. The molecule has 10 heteroatoms. The first kappa shape index (κ1) is 25.3. The Kier molecular flexibility index (Phi) is 6.36. The molecule has 3 heterocycles. The fourth-order valence-corrected chi connectivity index (χ4v) is 5.79. The Labute approximate surface area is 222 Å². The summed E-state index contributed by atoms with van der Waals surface area (Å²) in [5.74, 6) is -2.14. The zero-order valence-electron chi connectivity index (χ0n) is 21.1. The number of esters is 1. The van der Waals surface area contributed by atoms with Crippen LogP contribution in [0.5, 0.6) is 5.75 Å². The Morgan fingerprint density at radius 1 is 1.13 bits per heavy atom. The first-order chi connectivity index (χ1) is 18.1. The summed E-state index contributed by atoms with van der Waals surface area (Å²) >= 11 is 1.00. The standard InChI is InChI=1S/C28H24N2O7S/c1-13-11-19-12-18(9-10-20(19)37-13)23(32)21-22(16-5-7-17(8-6-16)27(35)36-4)30(26(34)24(21)33)28-29-14(2)25(38-28)15(3)31/h5-10,12-13,22,32H,11H2,1-4H3/t13-,22-/m0/s1. The van der Waals surface area contributed by atoms with Gasteiger partial charge in [0.2, 0.25) is 0 Å². The van der Waals surface area contributed by atoms with Crippen molar-refractivity contribution in [3.8, 4) is 5.75 Å². The molecule has 2 aromatic carbocycles. The molecule has 38 heavy (non-hydrogen) atoms. The number of anilines is 1. The van der Waals surface area contributed by atoms with E-state index in [0.717, 1.165) is 16.9 Å². The normalized spacial score (nSPS) is 19.8. The lowest BCUT2D eigenvalue weighted by atomic mass is 9.94. The predicted octanol–water partition coefficient (Wildman–Crippen LogP) is 4.39. The van der Waals surface area contributed by atoms with Gasteiger partial charge >= 0.3 is 11.9 Å². The van der Waals surface area contributed by atoms with Crippen LogP contribution in [0.25, 0.3) is 5.76 Å². The minimum atomic E-state index is -1.05. The van der Waals surface area contributed by atoms with E-state index in [1.165, 1.54) is 31.1 Å². The number of amides is 1. The van der Waals surface area contributed by atoms with E-state index in [0.29, 0.717) is 33.9 Å². The number of benzene rings is 2. The highest BCUT2D eigenvalue weighted by Gasteiger charge is 2.48. The van der Waals surface area contributed by atoms with Crippen LogP contribution in [0.4, 0.5) is 5.13 Å². The molecule has 3 aromatic rings. The van der Waals surface area contributed by atoms with Gasteiger partial charge in [0.15, 0.2) is 10.9 Å². The maximum atomic E-state index is 13.4. The van der Waals surface area contributed by atoms with Crippen molar-refractivity contribution < 1.29 is 33.8 Å². The van der Waals surface area contributed by atoms with E-state index in [1.54, 1.807) is 37.3 Å². The predicted molar refractivity (Wildman–Crippen MR) is 140 cm³/mol. The summed E-state index contributed by atoms with van der Waals surface area (Å²) in [5, 5.41) is 11.6. The minimum absolute atomic E-state index is 0.00934. The van der Waals surface area contributed by atoms with Gasteiger partial charge in [-0.2, -0.15) is 0 Å². The van der Waals surface area contributed by atoms with Crippen molar-refractivity contribution >= 4 is 45.7 Å². The quantitative estimate of drug-likeness (QED) is 0.169. The second kappa shape index (κ2) is 9.53. The van der Waals surface area contributed by atoms with Gasteiger partial charge in [0.1, 0.15) is 17.6 Å². The number of methoxy groups -OCH3 is 1. The number of fused-ring (bicyclic) bond motifs is 1. The van der Waals surface area contributed by atoms with E-state index in [-0.39, 0.29) is 33.9 Å². The van der Waals surface area contributed by atoms with Gasteiger partial charge in [0.25, 0.3) is 5.78 Å². The van der Waals surface area contributed by atoms with Crippen molar-refractivity contribution in [2.45, 2.75) is 39.3 Å². The fourth-order valence-electron chi connectivity index (χ4n) is 4.80. The zero-order valence-corrected chi connectivity index (χ0v) is 21.9. The molecule has 1 aromatic heterocycles. The first-order valence-electron chi connectivity index (χ1n) is 11.9. The van der Waals surface area contributed by atoms with Gasteiger partial charge in [-0.25, -0.2) is 9.78 Å². The fraction of sp³-hybridized carbons (Fsp3) is 0.250. The highest BCUT2D eigenvalue weighted by atomic mass is 32.1. The molecule has 0 aliphatic carbocycles. The number of aryl methyl sites for hydroxylation is 1. The number of aliphatic hydroxyl groups is 1. The van der Waals surface area contributed by atoms with Gasteiger partial charge in [-0.15, -0.1) is 0 Å². The summed E-state index contributed by atoms with van der Waals surface area (Å²) in [6.07, 6.45) is 0.639. The largest absolute Gasteiger partial charge is 0.507 e. The Balaban J connectivity index is 1.68. The van der Waals surface area contributed by atoms with Crippen LogP contribution >= 0.6 is 11.3 Å². The Hall–Kier alpha value is -4.31. The number of ether oxygens (including phenoxy) is 2. The van der Waals surface area contributed by atoms with Gasteiger partial charge in [0.05, 0.1) is 34.9 Å². The number of aliphatic hydroxyl groups excluding tert-OH is 1. The van der Waals surface area contributed by atoms with Crippen LogP contribution in [0, 0.1) is 6.92 Å². The number of hydrogen-bond acceptors (Lipinski definition) is 9. The molecule has 0 spiro atoms. The van der Waals surface area contributed by atoms with Crippen LogP contribution in [0.3, 0.4) is 0 Å². The summed E-state index contributed by atoms with van der Waals surface area (Å²) in [6, 6.07) is 10.3. The van der Waals surface area contributed by atoms with Crippen LogP contribution in [-0.2, 0) is 20.7 Å². The molecule has 9 nitrogen and oxygen atoms in total. The molecule has 2 aliphatic heterocycles. The maximum Gasteiger partial charge on any atom is 0.337 e. The van der Waals surface area contributed by atoms with Gasteiger partial charge in [-0.1, -0.05) is 23.5 Å². The van der Waals surface area contributed by atoms with Crippen LogP contribution in [0.15, 0.2) is 48.0 Å². The summed E-state index contributed by atoms with van der Waals surface area (Å²) in [7, 11) is 1.27. The molecule has 1 N–H and O–H groups in total. The maximum absolute atomic E-state index is 13.4. The topological polar surface area (TPSA) is 123 Å². The van der Waals surface area contributed by atoms with Crippen molar-refractivity contribution in [1.82, 2.24) is 4.98 Å². The molecule has 1 fully saturated rings. The summed E-state index contributed by atoms with van der Waals surface area (Å²) in [6.45, 7) is 5.00. The Bertz CT molecular complexity index is 1540. The van der Waals surface area contributed by atoms with E-state index in [4.69, 9.17) is 9.47 Å². The molecule has 1 amide bonds. The second-order valence-corrected chi connectivity index (χ2v) is 10.2. The van der Waals surface area contributed by atoms with Crippen LogP contribution in [0.1, 0.15) is 62.3 Å². The number of nitrogens with zero attached hydrogens (tertiary/aromatic N) is 2. The number of rotatable bonds is 5. The Morgan fingerprint density at radius 2 is 1.82 bits per heavy atom. The molecule has 0 saturated carbocycles. The summed E-state index contributed by atoms with van der Waals surface area (Å²) < 4.78 is 10.5. The SMILES string of the molecule is COC(=O)c1ccc([C@H]2C(=C(O)c3ccc4c(c3)C[C@H](C)O4)C(=O)C(=O)N2c2nc(C)c(C(C)=O)s2)cc1. The van der Waals surface area contributed by atoms with Crippen molar-refractivity contribution in [3.63, 3.8) is 0 Å². The number of hydrogen-bond donors (Lipinski definition) is 1. The lowest BCUT2D eigenvalue weighted by Crippen LogP contribution is -2.29. The minimum Gasteiger partial charge on any atom is -0.507 e. The van der Waals surface area contributed by atoms with Crippen LogP contribution < -0.4 is 9.64 Å². The molecule has 1 saturated heterocycles. The van der Waals surface area contributed by atoms with Crippen molar-refractivity contribution in [1.29, 1.82) is 0 Å². The van der Waals surface area contributed by atoms with Crippen molar-refractivity contribution in [2.75, 3.05) is 12.0 Å². The number of ketones is 2. The molecule has 2 atom stereocenters. The molecular formula is C28H24N2O7S. The lowest BCUT2D eigenvalue weighted by molar-refractivity contribution is -0.132. The smallest absolute Gasteiger partial charge is 0.337 e. The monoisotopic (exact) mass is 532 g/mol. The average Bonchev–Trinajstić information content (AvgIpc) is 3.55. The Morgan fingerprint density at radius 3 is 2.45 bits per heavy atom. The number of carbonyl (C=O) groups excluding carboxylic acids is 4. The van der Waals surface area contributed by atoms with E-state index in [9.17, 15) is 24.3 Å². The first-order valence-corrected chi connectivity index (χ1v) is 12.7. The highest BCUT2D eigenvalue weighted by molar-refractivity contribution is 7.18. The number of aromatic nitrogens is 1. The van der Waals surface area contributed by atoms with Gasteiger partial charge in [-0.3, -0.25) is 19.3 Å². The van der Waals surface area contributed by atoms with E-state index in [1.807, 2.05) is 6.92 Å². The van der Waals surface area contributed by atoms with E-state index < -0.39 is 23.7 Å². The molecule has 2 aliphatic rings. The van der Waals surface area contributed by atoms with E-state index in [2.05, 4.69) is 4.98 Å². The third kappa shape index (κ3) is 4.16. The highest BCUT2D eigenvalue weighted by Crippen LogP contribution is 2.44. The lowest BCUT2D eigenvalue weighted by Gasteiger charge is -2.23. The number of thiazole rings is 1. The molecule has 0 unspecified atom stereocenters. The van der Waals surface area contributed by atoms with Crippen molar-refractivity contribution in [2.24, 2.45) is 0 Å². The van der Waals surface area contributed by atoms with E-state index >= 15 is 0 Å². The summed E-state index contributed by atoms with van der Waals surface area (Å²) in [4.78, 5) is 56.9. The third-order valence-electron chi connectivity index (χ3n) is 6.57. The second-order valence-electron chi connectivity index (χ2n) is 9.20. The number of carbonyl (C=O) groups is 4. The van der Waals surface area contributed by atoms with Crippen LogP contribution in [-0.4, -0.2) is 46.7 Å². The third-order valence-corrected chi connectivity index (χ3v) is 7.83. The molecular weight excluding hydrogens is 508 g/mol. The average molecular weight is 533 g/mol. The number of Topliss-reactive ketones (excluding diaryl/α,β-unsaturated/α-hetero) is 2. The van der Waals surface area contributed by atoms with Crippen LogP contribution in [0.2, 0.25) is 0 Å². The molecule has 0 radical (unpaired) electrons. The molecule has 0 bridgehead atoms. The van der Waals surface area contributed by atoms with Crippen molar-refractivity contribution in [3.05, 3.63) is 80.9 Å². The molecule has 5 rings (SSSR count). The van der Waals surface area contributed by atoms with Gasteiger partial charge in [-0.05, 0) is 55.3 Å².